The molecule has 1 heterocycles. The second kappa shape index (κ2) is 13.3. The Morgan fingerprint density at radius 3 is 2.59 bits per heavy atom. The molecule has 29 heavy (non-hydrogen) atoms. The van der Waals surface area contributed by atoms with Gasteiger partial charge >= 0.3 is 6.18 Å². The average molecular weight is 528 g/mol. The zero-order chi connectivity index (χ0) is 20.4. The predicted octanol–water partition coefficient (Wildman–Crippen LogP) is 3.74. The summed E-state index contributed by atoms with van der Waals surface area (Å²) in [5.74, 6) is 1.21. The molecule has 166 valence electrons. The maximum atomic E-state index is 12.8. The van der Waals surface area contributed by atoms with Crippen LogP contribution in [0.25, 0.3) is 0 Å². The summed E-state index contributed by atoms with van der Waals surface area (Å²) in [6.07, 6.45) is -2.10. The fourth-order valence-corrected chi connectivity index (χ4v) is 3.23. The number of aliphatic imine (C=N–C) groups is 1. The van der Waals surface area contributed by atoms with Crippen LogP contribution in [0.5, 0.6) is 0 Å². The van der Waals surface area contributed by atoms with Gasteiger partial charge in [0.1, 0.15) is 0 Å². The zero-order valence-corrected chi connectivity index (χ0v) is 19.4. The van der Waals surface area contributed by atoms with Gasteiger partial charge < -0.3 is 20.3 Å². The van der Waals surface area contributed by atoms with E-state index < -0.39 is 11.7 Å². The van der Waals surface area contributed by atoms with Crippen LogP contribution in [0.1, 0.15) is 30.9 Å². The Bertz CT molecular complexity index is 620. The lowest BCUT2D eigenvalue weighted by Gasteiger charge is -2.32. The van der Waals surface area contributed by atoms with Gasteiger partial charge in [0, 0.05) is 26.7 Å². The van der Waals surface area contributed by atoms with Gasteiger partial charge in [0.25, 0.3) is 0 Å². The summed E-state index contributed by atoms with van der Waals surface area (Å²) in [6.45, 7) is 7.54. The topological polar surface area (TPSA) is 48.9 Å². The van der Waals surface area contributed by atoms with Gasteiger partial charge in [0.05, 0.1) is 18.7 Å². The number of nitrogens with one attached hydrogen (secondary N) is 2. The molecular weight excluding hydrogens is 496 g/mol. The minimum atomic E-state index is -4.33. The molecule has 1 aromatic rings. The molecular formula is C20H32F3IN4O. The number of likely N-dealkylation sites (tertiary alicyclic amines) is 1. The van der Waals surface area contributed by atoms with E-state index in [9.17, 15) is 13.2 Å². The van der Waals surface area contributed by atoms with Gasteiger partial charge in [-0.1, -0.05) is 12.1 Å². The van der Waals surface area contributed by atoms with Crippen molar-refractivity contribution >= 4 is 29.9 Å². The highest BCUT2D eigenvalue weighted by Crippen LogP contribution is 2.29. The highest BCUT2D eigenvalue weighted by atomic mass is 127. The van der Waals surface area contributed by atoms with E-state index in [1.165, 1.54) is 6.07 Å². The molecule has 5 nitrogen and oxygen atoms in total. The Morgan fingerprint density at radius 2 is 1.97 bits per heavy atom. The number of methoxy groups -OCH3 is 1. The molecule has 9 heteroatoms. The Labute approximate surface area is 188 Å². The van der Waals surface area contributed by atoms with E-state index in [0.29, 0.717) is 24.0 Å². The summed E-state index contributed by atoms with van der Waals surface area (Å²) >= 11 is 0. The first-order valence-electron chi connectivity index (χ1n) is 9.82. The third kappa shape index (κ3) is 9.52. The second-order valence-corrected chi connectivity index (χ2v) is 7.05. The van der Waals surface area contributed by atoms with Crippen molar-refractivity contribution in [1.29, 1.82) is 0 Å². The SMILES string of the molecule is CCNC(=NCc1cccc(C(F)(F)F)c1)NCC1CCN(CCOC)CC1.I. The van der Waals surface area contributed by atoms with Crippen LogP contribution in [0, 0.1) is 5.92 Å². The van der Waals surface area contributed by atoms with Crippen LogP contribution in [0.15, 0.2) is 29.3 Å². The Hall–Kier alpha value is -1.07. The number of piperidine rings is 1. The number of nitrogens with zero attached hydrogens (tertiary/aromatic N) is 2. The number of guanidine groups is 1. The standard InChI is InChI=1S/C20H31F3N4O.HI/c1-3-24-19(25-14-16-7-9-27(10-8-16)11-12-28-2)26-15-17-5-4-6-18(13-17)20(21,22)23;/h4-6,13,16H,3,7-12,14-15H2,1-2H3,(H2,24,25,26);1H. The van der Waals surface area contributed by atoms with Gasteiger partial charge in [-0.25, -0.2) is 4.99 Å². The third-order valence-corrected chi connectivity index (χ3v) is 4.90. The number of hydrogen-bond acceptors (Lipinski definition) is 3. The lowest BCUT2D eigenvalue weighted by molar-refractivity contribution is -0.137. The van der Waals surface area contributed by atoms with Crippen LogP contribution in [0.4, 0.5) is 13.2 Å². The maximum absolute atomic E-state index is 12.8. The second-order valence-electron chi connectivity index (χ2n) is 7.05. The molecule has 0 aliphatic carbocycles. The molecule has 0 spiro atoms. The monoisotopic (exact) mass is 528 g/mol. The molecule has 1 fully saturated rings. The number of halogens is 4. The molecule has 0 aromatic heterocycles. The lowest BCUT2D eigenvalue weighted by Crippen LogP contribution is -2.43. The molecule has 1 aliphatic heterocycles. The molecule has 0 saturated carbocycles. The van der Waals surface area contributed by atoms with Crippen LogP contribution in [0.3, 0.4) is 0 Å². The highest BCUT2D eigenvalue weighted by molar-refractivity contribution is 14.0. The Balaban J connectivity index is 0.00000420. The quantitative estimate of drug-likeness (QED) is 0.307. The fraction of sp³-hybridized carbons (Fsp3) is 0.650. The molecule has 1 aliphatic rings. The van der Waals surface area contributed by atoms with Crippen LogP contribution in [-0.2, 0) is 17.5 Å². The van der Waals surface area contributed by atoms with Crippen molar-refractivity contribution in [1.82, 2.24) is 15.5 Å². The average Bonchev–Trinajstić information content (AvgIpc) is 2.69. The molecule has 2 N–H and O–H groups in total. The van der Waals surface area contributed by atoms with Crippen molar-refractivity contribution in [3.05, 3.63) is 35.4 Å². The lowest BCUT2D eigenvalue weighted by atomic mass is 9.97. The smallest absolute Gasteiger partial charge is 0.383 e. The third-order valence-electron chi connectivity index (χ3n) is 4.90. The summed E-state index contributed by atoms with van der Waals surface area (Å²) in [4.78, 5) is 6.86. The van der Waals surface area contributed by atoms with Crippen molar-refractivity contribution in [2.45, 2.75) is 32.5 Å². The van der Waals surface area contributed by atoms with E-state index in [1.807, 2.05) is 6.92 Å². The van der Waals surface area contributed by atoms with E-state index in [4.69, 9.17) is 4.74 Å². The first-order chi connectivity index (χ1) is 13.4. The molecule has 0 radical (unpaired) electrons. The van der Waals surface area contributed by atoms with Gasteiger partial charge in [-0.3, -0.25) is 0 Å². The van der Waals surface area contributed by atoms with Crippen molar-refractivity contribution < 1.29 is 17.9 Å². The molecule has 0 atom stereocenters. The van der Waals surface area contributed by atoms with Crippen LogP contribution in [0.2, 0.25) is 0 Å². The van der Waals surface area contributed by atoms with Gasteiger partial charge in [-0.05, 0) is 56.5 Å². The Morgan fingerprint density at radius 1 is 1.24 bits per heavy atom. The minimum Gasteiger partial charge on any atom is -0.383 e. The van der Waals surface area contributed by atoms with E-state index in [0.717, 1.165) is 57.8 Å². The Kier molecular flexibility index (Phi) is 11.9. The van der Waals surface area contributed by atoms with E-state index in [2.05, 4.69) is 20.5 Å². The first-order valence-corrected chi connectivity index (χ1v) is 9.82. The summed E-state index contributed by atoms with van der Waals surface area (Å²) in [7, 11) is 1.72. The van der Waals surface area contributed by atoms with Crippen molar-refractivity contribution in [3.8, 4) is 0 Å². The maximum Gasteiger partial charge on any atom is 0.416 e. The number of benzene rings is 1. The van der Waals surface area contributed by atoms with Gasteiger partial charge in [-0.2, -0.15) is 13.2 Å². The molecule has 2 rings (SSSR count). The number of alkyl halides is 3. The summed E-state index contributed by atoms with van der Waals surface area (Å²) < 4.78 is 43.6. The van der Waals surface area contributed by atoms with E-state index in [1.54, 1.807) is 13.2 Å². The fourth-order valence-electron chi connectivity index (χ4n) is 3.23. The largest absolute Gasteiger partial charge is 0.416 e. The van der Waals surface area contributed by atoms with E-state index >= 15 is 0 Å². The van der Waals surface area contributed by atoms with Gasteiger partial charge in [0.2, 0.25) is 0 Å². The van der Waals surface area contributed by atoms with Crippen molar-refractivity contribution in [2.24, 2.45) is 10.9 Å². The summed E-state index contributed by atoms with van der Waals surface area (Å²) in [6, 6.07) is 5.32. The van der Waals surface area contributed by atoms with Crippen LogP contribution in [-0.4, -0.2) is 57.3 Å². The molecule has 0 unspecified atom stereocenters. The number of ether oxygens (including phenoxy) is 1. The summed E-state index contributed by atoms with van der Waals surface area (Å²) in [5, 5.41) is 6.50. The summed E-state index contributed by atoms with van der Waals surface area (Å²) in [5.41, 5.74) is -0.100. The number of rotatable bonds is 8. The van der Waals surface area contributed by atoms with E-state index in [-0.39, 0.29) is 30.5 Å². The normalized spacial score (nSPS) is 16.4. The van der Waals surface area contributed by atoms with Crippen molar-refractivity contribution in [3.63, 3.8) is 0 Å². The zero-order valence-electron chi connectivity index (χ0n) is 17.1. The minimum absolute atomic E-state index is 0. The highest BCUT2D eigenvalue weighted by Gasteiger charge is 2.30. The number of hydrogen-bond donors (Lipinski definition) is 2. The van der Waals surface area contributed by atoms with Crippen molar-refractivity contribution in [2.75, 3.05) is 46.4 Å². The molecule has 1 saturated heterocycles. The predicted molar refractivity (Wildman–Crippen MR) is 121 cm³/mol. The van der Waals surface area contributed by atoms with Gasteiger partial charge in [-0.15, -0.1) is 24.0 Å². The first kappa shape index (κ1) is 26.0. The molecule has 0 amide bonds. The van der Waals surface area contributed by atoms with Crippen LogP contribution < -0.4 is 10.6 Å². The van der Waals surface area contributed by atoms with Crippen LogP contribution >= 0.6 is 24.0 Å². The molecule has 1 aromatic carbocycles. The van der Waals surface area contributed by atoms with Gasteiger partial charge in [0.15, 0.2) is 5.96 Å². The molecule has 0 bridgehead atoms.